The van der Waals surface area contributed by atoms with Crippen LogP contribution in [0.2, 0.25) is 5.02 Å². The number of nitro benzene ring substituents is 1. The Kier molecular flexibility index (Phi) is 7.97. The molecule has 2 rings (SSSR count). The van der Waals surface area contributed by atoms with Crippen molar-refractivity contribution in [2.75, 3.05) is 26.8 Å². The highest BCUT2D eigenvalue weighted by atomic mass is 35.5. The standard InChI is InChI=1S/C20H21ClN2O6/c1-3-28-20(25)15-10-14(11-17(12-15)23(26)27)19(24)22(2)8-5-9-29-18-7-4-6-16(21)13-18/h4,6-7,10-13H,3,5,8-9H2,1-2H3. The van der Waals surface area contributed by atoms with E-state index in [0.717, 1.165) is 12.1 Å². The molecular formula is C20H21ClN2O6. The molecule has 9 heteroatoms. The minimum absolute atomic E-state index is 0.0397. The average molecular weight is 421 g/mol. The quantitative estimate of drug-likeness (QED) is 0.263. The summed E-state index contributed by atoms with van der Waals surface area (Å²) in [6.07, 6.45) is 0.536. The van der Waals surface area contributed by atoms with Crippen molar-refractivity contribution >= 4 is 29.2 Å². The van der Waals surface area contributed by atoms with Crippen molar-refractivity contribution < 1.29 is 24.0 Å². The van der Waals surface area contributed by atoms with Gasteiger partial charge in [-0.3, -0.25) is 14.9 Å². The second-order valence-corrected chi connectivity index (χ2v) is 6.57. The van der Waals surface area contributed by atoms with Gasteiger partial charge in [0, 0.05) is 36.3 Å². The highest BCUT2D eigenvalue weighted by Gasteiger charge is 2.20. The molecule has 0 fully saturated rings. The molecule has 0 atom stereocenters. The second kappa shape index (κ2) is 10.4. The number of carbonyl (C=O) groups excluding carboxylic acids is 2. The Balaban J connectivity index is 2.01. The Morgan fingerprint density at radius 2 is 1.90 bits per heavy atom. The van der Waals surface area contributed by atoms with Crippen molar-refractivity contribution in [1.82, 2.24) is 4.90 Å². The van der Waals surface area contributed by atoms with Gasteiger partial charge in [-0.2, -0.15) is 0 Å². The van der Waals surface area contributed by atoms with E-state index < -0.39 is 16.8 Å². The van der Waals surface area contributed by atoms with E-state index in [4.69, 9.17) is 21.1 Å². The first kappa shape index (κ1) is 22.2. The Labute approximate surface area is 173 Å². The van der Waals surface area contributed by atoms with Gasteiger partial charge in [-0.05, 0) is 37.6 Å². The maximum atomic E-state index is 12.7. The zero-order valence-electron chi connectivity index (χ0n) is 16.1. The second-order valence-electron chi connectivity index (χ2n) is 6.13. The van der Waals surface area contributed by atoms with Gasteiger partial charge >= 0.3 is 5.97 Å². The number of benzene rings is 2. The minimum Gasteiger partial charge on any atom is -0.493 e. The number of hydrogen-bond donors (Lipinski definition) is 0. The van der Waals surface area contributed by atoms with Crippen molar-refractivity contribution in [3.05, 3.63) is 68.7 Å². The summed E-state index contributed by atoms with van der Waals surface area (Å²) in [6, 6.07) is 10.5. The molecule has 0 aliphatic heterocycles. The Bertz CT molecular complexity index is 902. The Morgan fingerprint density at radius 3 is 2.55 bits per heavy atom. The molecule has 0 aliphatic carbocycles. The molecule has 0 radical (unpaired) electrons. The third-order valence-electron chi connectivity index (χ3n) is 3.94. The molecule has 0 saturated carbocycles. The fourth-order valence-corrected chi connectivity index (χ4v) is 2.72. The number of non-ortho nitro benzene ring substituents is 1. The number of amides is 1. The fraction of sp³-hybridized carbons (Fsp3) is 0.300. The zero-order valence-corrected chi connectivity index (χ0v) is 16.8. The normalized spacial score (nSPS) is 10.3. The number of rotatable bonds is 9. The maximum absolute atomic E-state index is 12.7. The summed E-state index contributed by atoms with van der Waals surface area (Å²) in [4.78, 5) is 36.5. The molecule has 0 spiro atoms. The van der Waals surface area contributed by atoms with E-state index in [0.29, 0.717) is 30.3 Å². The monoisotopic (exact) mass is 420 g/mol. The molecular weight excluding hydrogens is 400 g/mol. The summed E-state index contributed by atoms with van der Waals surface area (Å²) < 4.78 is 10.5. The van der Waals surface area contributed by atoms with E-state index >= 15 is 0 Å². The molecule has 0 saturated heterocycles. The summed E-state index contributed by atoms with van der Waals surface area (Å²) in [6.45, 7) is 2.47. The van der Waals surface area contributed by atoms with Crippen molar-refractivity contribution in [2.45, 2.75) is 13.3 Å². The highest BCUT2D eigenvalue weighted by molar-refractivity contribution is 6.30. The van der Waals surface area contributed by atoms with E-state index in [9.17, 15) is 19.7 Å². The molecule has 0 aliphatic rings. The third kappa shape index (κ3) is 6.46. The molecule has 8 nitrogen and oxygen atoms in total. The van der Waals surface area contributed by atoms with Crippen LogP contribution in [-0.4, -0.2) is 48.5 Å². The number of carbonyl (C=O) groups is 2. The topological polar surface area (TPSA) is 99.0 Å². The number of hydrogen-bond acceptors (Lipinski definition) is 6. The van der Waals surface area contributed by atoms with E-state index in [-0.39, 0.29) is 23.4 Å². The van der Waals surface area contributed by atoms with Gasteiger partial charge in [0.2, 0.25) is 0 Å². The molecule has 2 aromatic rings. The van der Waals surface area contributed by atoms with Gasteiger partial charge in [0.1, 0.15) is 5.75 Å². The van der Waals surface area contributed by atoms with Crippen LogP contribution in [0.15, 0.2) is 42.5 Å². The first-order chi connectivity index (χ1) is 13.8. The largest absolute Gasteiger partial charge is 0.493 e. The summed E-state index contributed by atoms with van der Waals surface area (Å²) in [5.41, 5.74) is -0.348. The fourth-order valence-electron chi connectivity index (χ4n) is 2.54. The van der Waals surface area contributed by atoms with Gasteiger partial charge in [-0.1, -0.05) is 17.7 Å². The van der Waals surface area contributed by atoms with Crippen LogP contribution in [0.25, 0.3) is 0 Å². The first-order valence-electron chi connectivity index (χ1n) is 8.92. The summed E-state index contributed by atoms with van der Waals surface area (Å²) in [5.74, 6) is -0.533. The number of esters is 1. The lowest BCUT2D eigenvalue weighted by Crippen LogP contribution is -2.29. The smallest absolute Gasteiger partial charge is 0.338 e. The maximum Gasteiger partial charge on any atom is 0.338 e. The zero-order chi connectivity index (χ0) is 21.4. The van der Waals surface area contributed by atoms with E-state index in [1.807, 2.05) is 0 Å². The molecule has 154 valence electrons. The lowest BCUT2D eigenvalue weighted by Gasteiger charge is -2.17. The molecule has 2 aromatic carbocycles. The molecule has 0 unspecified atom stereocenters. The minimum atomic E-state index is -0.720. The van der Waals surface area contributed by atoms with Gasteiger partial charge in [0.05, 0.1) is 23.7 Å². The average Bonchev–Trinajstić information content (AvgIpc) is 2.70. The molecule has 0 N–H and O–H groups in total. The van der Waals surface area contributed by atoms with Crippen LogP contribution in [0.3, 0.4) is 0 Å². The molecule has 0 aromatic heterocycles. The Morgan fingerprint density at radius 1 is 1.17 bits per heavy atom. The van der Waals surface area contributed by atoms with E-state index in [1.165, 1.54) is 11.0 Å². The van der Waals surface area contributed by atoms with Crippen LogP contribution in [0.1, 0.15) is 34.1 Å². The summed E-state index contributed by atoms with van der Waals surface area (Å²) >= 11 is 5.89. The van der Waals surface area contributed by atoms with Gasteiger partial charge in [-0.25, -0.2) is 4.79 Å². The number of nitro groups is 1. The first-order valence-corrected chi connectivity index (χ1v) is 9.30. The van der Waals surface area contributed by atoms with Crippen molar-refractivity contribution in [1.29, 1.82) is 0 Å². The van der Waals surface area contributed by atoms with Crippen molar-refractivity contribution in [2.24, 2.45) is 0 Å². The number of halogens is 1. The van der Waals surface area contributed by atoms with Gasteiger partial charge in [-0.15, -0.1) is 0 Å². The highest BCUT2D eigenvalue weighted by Crippen LogP contribution is 2.20. The molecule has 0 heterocycles. The van der Waals surface area contributed by atoms with Crippen molar-refractivity contribution in [3.63, 3.8) is 0 Å². The molecule has 29 heavy (non-hydrogen) atoms. The van der Waals surface area contributed by atoms with Crippen molar-refractivity contribution in [3.8, 4) is 5.75 Å². The van der Waals surface area contributed by atoms with Crippen LogP contribution in [0.5, 0.6) is 5.75 Å². The lowest BCUT2D eigenvalue weighted by atomic mass is 10.1. The van der Waals surface area contributed by atoms with E-state index in [1.54, 1.807) is 38.2 Å². The lowest BCUT2D eigenvalue weighted by molar-refractivity contribution is -0.384. The van der Waals surface area contributed by atoms with Crippen LogP contribution < -0.4 is 4.74 Å². The summed E-state index contributed by atoms with van der Waals surface area (Å²) in [5, 5.41) is 11.7. The van der Waals surface area contributed by atoms with Gasteiger partial charge < -0.3 is 14.4 Å². The molecule has 1 amide bonds. The summed E-state index contributed by atoms with van der Waals surface area (Å²) in [7, 11) is 1.57. The SMILES string of the molecule is CCOC(=O)c1cc(C(=O)N(C)CCCOc2cccc(Cl)c2)cc([N+](=O)[O-])c1. The Hall–Kier alpha value is -3.13. The third-order valence-corrected chi connectivity index (χ3v) is 4.17. The van der Waals surface area contributed by atoms with Crippen LogP contribution in [-0.2, 0) is 4.74 Å². The number of ether oxygens (including phenoxy) is 2. The predicted octanol–water partition coefficient (Wildman–Crippen LogP) is 3.97. The van der Waals surface area contributed by atoms with Crippen LogP contribution in [0.4, 0.5) is 5.69 Å². The van der Waals surface area contributed by atoms with Crippen LogP contribution >= 0.6 is 11.6 Å². The van der Waals surface area contributed by atoms with Gasteiger partial charge in [0.25, 0.3) is 11.6 Å². The van der Waals surface area contributed by atoms with E-state index in [2.05, 4.69) is 0 Å². The molecule has 0 bridgehead atoms. The number of nitrogens with zero attached hydrogens (tertiary/aromatic N) is 2. The van der Waals surface area contributed by atoms with Gasteiger partial charge in [0.15, 0.2) is 0 Å². The predicted molar refractivity (Wildman–Crippen MR) is 108 cm³/mol. The van der Waals surface area contributed by atoms with Crippen LogP contribution in [0, 0.1) is 10.1 Å².